The van der Waals surface area contributed by atoms with E-state index in [0.29, 0.717) is 18.9 Å². The van der Waals surface area contributed by atoms with Crippen molar-refractivity contribution in [2.75, 3.05) is 11.9 Å². The number of amides is 1. The Hall–Kier alpha value is -2.13. The zero-order valence-corrected chi connectivity index (χ0v) is 14.2. The minimum absolute atomic E-state index is 0.0508. The van der Waals surface area contributed by atoms with Crippen molar-refractivity contribution in [3.63, 3.8) is 0 Å². The van der Waals surface area contributed by atoms with Crippen LogP contribution in [0.25, 0.3) is 0 Å². The molecule has 0 radical (unpaired) electrons. The van der Waals surface area contributed by atoms with Crippen molar-refractivity contribution in [3.05, 3.63) is 65.2 Å². The minimum atomic E-state index is 0.0508. The molecule has 0 saturated heterocycles. The third kappa shape index (κ3) is 5.53. The summed E-state index contributed by atoms with van der Waals surface area (Å²) in [6.45, 7) is 7.81. The highest BCUT2D eigenvalue weighted by Gasteiger charge is 2.08. The summed E-state index contributed by atoms with van der Waals surface area (Å²) in [7, 11) is 0. The van der Waals surface area contributed by atoms with E-state index in [1.807, 2.05) is 18.2 Å². The molecular weight excluding hydrogens is 284 g/mol. The molecule has 3 nitrogen and oxygen atoms in total. The van der Waals surface area contributed by atoms with Crippen LogP contribution in [-0.2, 0) is 11.3 Å². The van der Waals surface area contributed by atoms with Gasteiger partial charge in [-0.3, -0.25) is 4.79 Å². The molecule has 122 valence electrons. The lowest BCUT2D eigenvalue weighted by atomic mass is 10.0. The van der Waals surface area contributed by atoms with E-state index < -0.39 is 0 Å². The van der Waals surface area contributed by atoms with Gasteiger partial charge in [-0.15, -0.1) is 0 Å². The van der Waals surface area contributed by atoms with E-state index in [2.05, 4.69) is 61.7 Å². The van der Waals surface area contributed by atoms with Crippen LogP contribution >= 0.6 is 0 Å². The zero-order valence-electron chi connectivity index (χ0n) is 14.2. The van der Waals surface area contributed by atoms with Gasteiger partial charge in [0.15, 0.2) is 0 Å². The standard InChI is InChI=1S/C20H26N2O/c1-15(2)18-9-4-5-10-19(18)22-20(23)11-12-21-14-17-8-6-7-16(3)13-17/h4-10,13,15,21H,11-12,14H2,1-3H3,(H,22,23). The van der Waals surface area contributed by atoms with Gasteiger partial charge in [0.1, 0.15) is 0 Å². The first-order valence-electron chi connectivity index (χ1n) is 8.21. The molecule has 0 saturated carbocycles. The first-order chi connectivity index (χ1) is 11.1. The zero-order chi connectivity index (χ0) is 16.7. The second kappa shape index (κ2) is 8.49. The Balaban J connectivity index is 1.77. The Labute approximate surface area is 139 Å². The molecule has 0 heterocycles. The molecule has 1 amide bonds. The molecule has 2 aromatic rings. The van der Waals surface area contributed by atoms with E-state index in [9.17, 15) is 4.79 Å². The van der Waals surface area contributed by atoms with Gasteiger partial charge < -0.3 is 10.6 Å². The van der Waals surface area contributed by atoms with Crippen LogP contribution in [-0.4, -0.2) is 12.5 Å². The van der Waals surface area contributed by atoms with Crippen LogP contribution in [0, 0.1) is 6.92 Å². The van der Waals surface area contributed by atoms with E-state index in [1.54, 1.807) is 0 Å². The number of nitrogens with one attached hydrogen (secondary N) is 2. The summed E-state index contributed by atoms with van der Waals surface area (Å²) in [5.41, 5.74) is 4.60. The number of para-hydroxylation sites is 1. The molecule has 0 aliphatic rings. The third-order valence-electron chi connectivity index (χ3n) is 3.80. The highest BCUT2D eigenvalue weighted by molar-refractivity contribution is 5.91. The SMILES string of the molecule is Cc1cccc(CNCCC(=O)Nc2ccccc2C(C)C)c1. The lowest BCUT2D eigenvalue weighted by molar-refractivity contribution is -0.116. The number of benzene rings is 2. The predicted molar refractivity (Wildman–Crippen MR) is 96.7 cm³/mol. The first-order valence-corrected chi connectivity index (χ1v) is 8.21. The van der Waals surface area contributed by atoms with E-state index in [1.165, 1.54) is 16.7 Å². The molecule has 0 aliphatic heterocycles. The smallest absolute Gasteiger partial charge is 0.225 e. The van der Waals surface area contributed by atoms with E-state index in [4.69, 9.17) is 0 Å². The summed E-state index contributed by atoms with van der Waals surface area (Å²) in [6.07, 6.45) is 0.470. The van der Waals surface area contributed by atoms with Gasteiger partial charge in [0.2, 0.25) is 5.91 Å². The topological polar surface area (TPSA) is 41.1 Å². The summed E-state index contributed by atoms with van der Waals surface area (Å²) < 4.78 is 0. The summed E-state index contributed by atoms with van der Waals surface area (Å²) >= 11 is 0. The number of rotatable bonds is 7. The van der Waals surface area contributed by atoms with Crippen LogP contribution < -0.4 is 10.6 Å². The molecule has 2 N–H and O–H groups in total. The largest absolute Gasteiger partial charge is 0.326 e. The number of hydrogen-bond acceptors (Lipinski definition) is 2. The summed E-state index contributed by atoms with van der Waals surface area (Å²) in [5.74, 6) is 0.445. The summed E-state index contributed by atoms with van der Waals surface area (Å²) in [5, 5.41) is 6.34. The lowest BCUT2D eigenvalue weighted by Gasteiger charge is -2.13. The number of hydrogen-bond donors (Lipinski definition) is 2. The van der Waals surface area contributed by atoms with Crippen LogP contribution in [0.4, 0.5) is 5.69 Å². The summed E-state index contributed by atoms with van der Waals surface area (Å²) in [6, 6.07) is 16.4. The molecule has 0 bridgehead atoms. The van der Waals surface area contributed by atoms with Crippen LogP contribution in [0.15, 0.2) is 48.5 Å². The Morgan fingerprint density at radius 1 is 1.09 bits per heavy atom. The van der Waals surface area contributed by atoms with Gasteiger partial charge >= 0.3 is 0 Å². The maximum Gasteiger partial charge on any atom is 0.225 e. The molecule has 0 fully saturated rings. The average molecular weight is 310 g/mol. The Bertz CT molecular complexity index is 650. The molecule has 0 aliphatic carbocycles. The maximum atomic E-state index is 12.1. The van der Waals surface area contributed by atoms with Gasteiger partial charge in [-0.25, -0.2) is 0 Å². The van der Waals surface area contributed by atoms with Crippen molar-refractivity contribution in [3.8, 4) is 0 Å². The van der Waals surface area contributed by atoms with Gasteiger partial charge in [-0.05, 0) is 30.0 Å². The first kappa shape index (κ1) is 17.2. The number of anilines is 1. The fourth-order valence-electron chi connectivity index (χ4n) is 2.58. The molecule has 2 aromatic carbocycles. The predicted octanol–water partition coefficient (Wildman–Crippen LogP) is 4.24. The average Bonchev–Trinajstić information content (AvgIpc) is 2.52. The molecular formula is C20H26N2O. The maximum absolute atomic E-state index is 12.1. The summed E-state index contributed by atoms with van der Waals surface area (Å²) in [4.78, 5) is 12.1. The fraction of sp³-hybridized carbons (Fsp3) is 0.350. The van der Waals surface area contributed by atoms with Crippen molar-refractivity contribution < 1.29 is 4.79 Å². The molecule has 0 unspecified atom stereocenters. The molecule has 23 heavy (non-hydrogen) atoms. The fourth-order valence-corrected chi connectivity index (χ4v) is 2.58. The quantitative estimate of drug-likeness (QED) is 0.751. The van der Waals surface area contributed by atoms with Crippen molar-refractivity contribution in [2.24, 2.45) is 0 Å². The second-order valence-corrected chi connectivity index (χ2v) is 6.21. The normalized spacial score (nSPS) is 10.8. The molecule has 2 rings (SSSR count). The van der Waals surface area contributed by atoms with Crippen LogP contribution in [0.5, 0.6) is 0 Å². The van der Waals surface area contributed by atoms with Crippen molar-refractivity contribution in [1.82, 2.24) is 5.32 Å². The van der Waals surface area contributed by atoms with Gasteiger partial charge in [0, 0.05) is 25.2 Å². The van der Waals surface area contributed by atoms with Gasteiger partial charge in [0.25, 0.3) is 0 Å². The van der Waals surface area contributed by atoms with E-state index in [0.717, 1.165) is 12.2 Å². The number of aryl methyl sites for hydroxylation is 1. The minimum Gasteiger partial charge on any atom is -0.326 e. The molecule has 0 atom stereocenters. The van der Waals surface area contributed by atoms with Crippen LogP contribution in [0.1, 0.15) is 42.9 Å². The van der Waals surface area contributed by atoms with Gasteiger partial charge in [0.05, 0.1) is 0 Å². The Morgan fingerprint density at radius 3 is 2.61 bits per heavy atom. The number of carbonyl (C=O) groups excluding carboxylic acids is 1. The van der Waals surface area contributed by atoms with Crippen LogP contribution in [0.3, 0.4) is 0 Å². The van der Waals surface area contributed by atoms with E-state index >= 15 is 0 Å². The van der Waals surface area contributed by atoms with Crippen molar-refractivity contribution in [2.45, 2.75) is 39.7 Å². The molecule has 0 spiro atoms. The Kier molecular flexibility index (Phi) is 6.36. The lowest BCUT2D eigenvalue weighted by Crippen LogP contribution is -2.22. The van der Waals surface area contributed by atoms with Crippen molar-refractivity contribution in [1.29, 1.82) is 0 Å². The molecule has 3 heteroatoms. The van der Waals surface area contributed by atoms with Gasteiger partial charge in [-0.1, -0.05) is 61.9 Å². The Morgan fingerprint density at radius 2 is 1.87 bits per heavy atom. The second-order valence-electron chi connectivity index (χ2n) is 6.21. The van der Waals surface area contributed by atoms with Gasteiger partial charge in [-0.2, -0.15) is 0 Å². The highest BCUT2D eigenvalue weighted by Crippen LogP contribution is 2.23. The number of carbonyl (C=O) groups is 1. The van der Waals surface area contributed by atoms with E-state index in [-0.39, 0.29) is 5.91 Å². The van der Waals surface area contributed by atoms with Crippen molar-refractivity contribution >= 4 is 11.6 Å². The highest BCUT2D eigenvalue weighted by atomic mass is 16.1. The van der Waals surface area contributed by atoms with Crippen LogP contribution in [0.2, 0.25) is 0 Å². The third-order valence-corrected chi connectivity index (χ3v) is 3.80. The molecule has 0 aromatic heterocycles. The monoisotopic (exact) mass is 310 g/mol.